The second kappa shape index (κ2) is 26.6. The van der Waals surface area contributed by atoms with Gasteiger partial charge in [-0.15, -0.1) is 0 Å². The number of benzene rings is 7. The number of aryl methyl sites for hydroxylation is 2. The van der Waals surface area contributed by atoms with Gasteiger partial charge in [-0.1, -0.05) is 233 Å². The third-order valence-electron chi connectivity index (χ3n) is 10.1. The molecule has 7 aromatic rings. The third kappa shape index (κ3) is 15.1. The van der Waals surface area contributed by atoms with Crippen molar-refractivity contribution >= 4 is 5.57 Å². The number of nitrogens with one attached hydrogen (secondary N) is 1. The van der Waals surface area contributed by atoms with Crippen LogP contribution < -0.4 is 17.0 Å². The summed E-state index contributed by atoms with van der Waals surface area (Å²) in [5.41, 5.74) is 25.5. The lowest BCUT2D eigenvalue weighted by Crippen LogP contribution is -2.34. The lowest BCUT2D eigenvalue weighted by Gasteiger charge is -2.11. The van der Waals surface area contributed by atoms with Crippen LogP contribution in [0.5, 0.6) is 0 Å². The van der Waals surface area contributed by atoms with Gasteiger partial charge in [-0.25, -0.2) is 5.43 Å². The van der Waals surface area contributed by atoms with Crippen LogP contribution >= 0.6 is 0 Å². The molecule has 0 aromatic heterocycles. The molecule has 62 heavy (non-hydrogen) atoms. The van der Waals surface area contributed by atoms with Crippen molar-refractivity contribution < 1.29 is 0 Å². The van der Waals surface area contributed by atoms with E-state index >= 15 is 0 Å². The van der Waals surface area contributed by atoms with Crippen LogP contribution in [-0.4, -0.2) is 0 Å². The predicted molar refractivity (Wildman–Crippen MR) is 272 cm³/mol. The fourth-order valence-corrected chi connectivity index (χ4v) is 6.82. The van der Waals surface area contributed by atoms with Crippen LogP contribution in [0.15, 0.2) is 219 Å². The number of allylic oxidation sites excluding steroid dienone is 7. The van der Waals surface area contributed by atoms with Gasteiger partial charge < -0.3 is 5.73 Å². The second-order valence-electron chi connectivity index (χ2n) is 14.7. The fourth-order valence-electron chi connectivity index (χ4n) is 6.82. The average Bonchev–Trinajstić information content (AvgIpc) is 3.33. The molecule has 0 aliphatic rings. The zero-order valence-electron chi connectivity index (χ0n) is 37.6. The van der Waals surface area contributed by atoms with Crippen molar-refractivity contribution in [2.45, 2.75) is 60.5 Å². The minimum Gasteiger partial charge on any atom is -0.311 e. The summed E-state index contributed by atoms with van der Waals surface area (Å²) in [4.78, 5) is 0. The lowest BCUT2D eigenvalue weighted by molar-refractivity contribution is 0.576. The van der Waals surface area contributed by atoms with E-state index in [0.717, 1.165) is 24.0 Å². The number of rotatable bonds is 12. The maximum absolute atomic E-state index is 5.79. The first-order valence-corrected chi connectivity index (χ1v) is 21.7. The monoisotopic (exact) mass is 816 g/mol. The maximum atomic E-state index is 5.79. The largest absolute Gasteiger partial charge is 0.311 e. The molecule has 0 radical (unpaired) electrons. The van der Waals surface area contributed by atoms with Crippen molar-refractivity contribution in [3.63, 3.8) is 0 Å². The van der Waals surface area contributed by atoms with Crippen LogP contribution in [0.4, 0.5) is 0 Å². The molecule has 0 heterocycles. The van der Waals surface area contributed by atoms with Gasteiger partial charge in [-0.3, -0.25) is 5.84 Å². The van der Waals surface area contributed by atoms with Gasteiger partial charge >= 0.3 is 0 Å². The minimum absolute atomic E-state index is 0.307. The molecule has 1 atom stereocenters. The molecule has 1 unspecified atom stereocenters. The zero-order valence-corrected chi connectivity index (χ0v) is 37.6. The number of hydrogen-bond donors (Lipinski definition) is 3. The van der Waals surface area contributed by atoms with Crippen molar-refractivity contribution in [3.8, 4) is 44.5 Å². The Morgan fingerprint density at radius 2 is 1.00 bits per heavy atom. The van der Waals surface area contributed by atoms with E-state index in [1.165, 1.54) is 66.8 Å². The molecule has 3 heteroatoms. The highest BCUT2D eigenvalue weighted by molar-refractivity contribution is 5.80. The summed E-state index contributed by atoms with van der Waals surface area (Å²) in [7, 11) is 0. The van der Waals surface area contributed by atoms with Crippen molar-refractivity contribution in [1.29, 1.82) is 0 Å². The molecule has 5 N–H and O–H groups in total. The van der Waals surface area contributed by atoms with Gasteiger partial charge in [0.05, 0.1) is 6.17 Å². The highest BCUT2D eigenvalue weighted by atomic mass is 15.3. The summed E-state index contributed by atoms with van der Waals surface area (Å²) in [6.45, 7) is 16.4. The predicted octanol–water partition coefficient (Wildman–Crippen LogP) is 15.4. The molecule has 7 rings (SSSR count). The molecule has 0 fully saturated rings. The normalized spacial score (nSPS) is 11.4. The zero-order chi connectivity index (χ0) is 44.5. The summed E-state index contributed by atoms with van der Waals surface area (Å²) in [6, 6.07) is 62.0. The first-order chi connectivity index (χ1) is 30.3. The number of nitrogens with two attached hydrogens (primary N) is 2. The Morgan fingerprint density at radius 3 is 1.50 bits per heavy atom. The molecule has 3 nitrogen and oxygen atoms in total. The Balaban J connectivity index is 0.000000222. The van der Waals surface area contributed by atoms with E-state index in [-0.39, 0.29) is 6.17 Å². The van der Waals surface area contributed by atoms with E-state index in [2.05, 4.69) is 221 Å². The van der Waals surface area contributed by atoms with Crippen molar-refractivity contribution in [2.24, 2.45) is 11.6 Å². The summed E-state index contributed by atoms with van der Waals surface area (Å²) >= 11 is 0. The molecule has 0 aliphatic carbocycles. The quantitative estimate of drug-likeness (QED) is 0.0498. The molecule has 0 saturated carbocycles. The van der Waals surface area contributed by atoms with Crippen molar-refractivity contribution in [3.05, 3.63) is 247 Å². The van der Waals surface area contributed by atoms with Crippen LogP contribution in [-0.2, 0) is 6.42 Å². The van der Waals surface area contributed by atoms with Gasteiger partial charge in [0.1, 0.15) is 0 Å². The molecular weight excluding hydrogens is 751 g/mol. The van der Waals surface area contributed by atoms with Crippen LogP contribution in [0.3, 0.4) is 0 Å². The SMILES string of the molecule is C=C/C(=C\C)c1cccc(-c2cccc(-c3cccc(-c4cccc(C)c4)c3)c2)c1.CC.CC/C=C\C=C/Cc1cccc(C(N)NN)c1.Cc1cccc(-c2ccccc2)c1. The Bertz CT molecular complexity index is 2510. The Kier molecular flexibility index (Phi) is 20.6. The summed E-state index contributed by atoms with van der Waals surface area (Å²) < 4.78 is 0. The second-order valence-corrected chi connectivity index (χ2v) is 14.7. The van der Waals surface area contributed by atoms with E-state index in [1.54, 1.807) is 0 Å². The molecule has 0 amide bonds. The molecule has 0 bridgehead atoms. The molecule has 7 aromatic carbocycles. The molecule has 0 aliphatic heterocycles. The molecule has 0 saturated heterocycles. The van der Waals surface area contributed by atoms with Gasteiger partial charge in [0, 0.05) is 0 Å². The van der Waals surface area contributed by atoms with Gasteiger partial charge in [0.25, 0.3) is 0 Å². The van der Waals surface area contributed by atoms with E-state index in [0.29, 0.717) is 0 Å². The fraction of sp³-hybridized carbons (Fsp3) is 0.153. The van der Waals surface area contributed by atoms with Crippen molar-refractivity contribution in [2.75, 3.05) is 0 Å². The van der Waals surface area contributed by atoms with E-state index < -0.39 is 0 Å². The Morgan fingerprint density at radius 1 is 0.548 bits per heavy atom. The van der Waals surface area contributed by atoms with E-state index in [1.807, 2.05) is 45.0 Å². The van der Waals surface area contributed by atoms with E-state index in [9.17, 15) is 0 Å². The average molecular weight is 816 g/mol. The smallest absolute Gasteiger partial charge is 0.0936 e. The van der Waals surface area contributed by atoms with Gasteiger partial charge in [-0.05, 0) is 119 Å². The highest BCUT2D eigenvalue weighted by Crippen LogP contribution is 2.31. The van der Waals surface area contributed by atoms with Gasteiger partial charge in [0.15, 0.2) is 0 Å². The van der Waals surface area contributed by atoms with Crippen LogP contribution in [0.2, 0.25) is 0 Å². The number of hydrazine groups is 1. The molecular formula is C59H65N3. The standard InChI is InChI=1S/C30H26.C14H21N3.C13H12.C2H6/c1-4-23(5-2)25-12-7-14-27(19-25)29-16-9-17-30(21-29)28-15-8-13-26(20-28)24-11-6-10-22(3)18-24;1-2-3-4-5-6-8-12-9-7-10-13(11-12)14(15)17-16;1-11-6-5-9-13(10-11)12-7-3-2-4-8-12;1-2/h4-21H,1H2,2-3H3;3-7,9-11,14,17H,2,8,15-16H2,1H3;2-10H,1H3;1-2H3/b23-5+;4-3-,6-5-;;. The van der Waals surface area contributed by atoms with Gasteiger partial charge in [-0.2, -0.15) is 0 Å². The summed E-state index contributed by atoms with van der Waals surface area (Å²) in [5, 5.41) is 0. The summed E-state index contributed by atoms with van der Waals surface area (Å²) in [6.07, 6.45) is 14.1. The van der Waals surface area contributed by atoms with Crippen molar-refractivity contribution in [1.82, 2.24) is 5.43 Å². The Hall–Kier alpha value is -6.62. The Labute approximate surface area is 372 Å². The van der Waals surface area contributed by atoms with Gasteiger partial charge in [0.2, 0.25) is 0 Å². The number of hydrogen-bond acceptors (Lipinski definition) is 3. The van der Waals surface area contributed by atoms with Crippen LogP contribution in [0, 0.1) is 13.8 Å². The first-order valence-electron chi connectivity index (χ1n) is 21.7. The molecule has 316 valence electrons. The van der Waals surface area contributed by atoms with Crippen LogP contribution in [0.1, 0.15) is 68.1 Å². The summed E-state index contributed by atoms with van der Waals surface area (Å²) in [5.74, 6) is 5.31. The topological polar surface area (TPSA) is 64.1 Å². The molecule has 0 spiro atoms. The highest BCUT2D eigenvalue weighted by Gasteiger charge is 2.07. The lowest BCUT2D eigenvalue weighted by atomic mass is 9.94. The minimum atomic E-state index is -0.307. The maximum Gasteiger partial charge on any atom is 0.0936 e. The third-order valence-corrected chi connectivity index (χ3v) is 10.1. The van der Waals surface area contributed by atoms with Crippen LogP contribution in [0.25, 0.3) is 50.1 Å². The first kappa shape index (κ1) is 48.1. The van der Waals surface area contributed by atoms with E-state index in [4.69, 9.17) is 11.6 Å².